The number of nitrogens with one attached hydrogen (secondary N) is 1. The van der Waals surface area contributed by atoms with E-state index < -0.39 is 10.0 Å². The number of nitrogens with two attached hydrogens (primary N) is 1. The van der Waals surface area contributed by atoms with Gasteiger partial charge in [0.1, 0.15) is 0 Å². The Morgan fingerprint density at radius 3 is 3.00 bits per heavy atom. The van der Waals surface area contributed by atoms with Crippen LogP contribution in [-0.4, -0.2) is 13.4 Å². The molecule has 0 saturated heterocycles. The minimum Gasteiger partial charge on any atom is -0.362 e. The van der Waals surface area contributed by atoms with Crippen LogP contribution in [0, 0.1) is 0 Å². The first kappa shape index (κ1) is 9.17. The molecule has 0 aliphatic carbocycles. The van der Waals surface area contributed by atoms with Gasteiger partial charge in [0.15, 0.2) is 5.03 Å². The van der Waals surface area contributed by atoms with Crippen LogP contribution in [0.4, 0.5) is 5.69 Å². The molecule has 0 amide bonds. The smallest absolute Gasteiger partial charge is 0.255 e. The summed E-state index contributed by atoms with van der Waals surface area (Å²) in [5.41, 5.74) is 1.36. The van der Waals surface area contributed by atoms with Crippen molar-refractivity contribution < 1.29 is 8.42 Å². The lowest BCUT2D eigenvalue weighted by molar-refractivity contribution is 0.593. The molecule has 0 spiro atoms. The van der Waals surface area contributed by atoms with Gasteiger partial charge in [-0.3, -0.25) is 0 Å². The summed E-state index contributed by atoms with van der Waals surface area (Å²) in [5.74, 6) is 0. The zero-order chi connectivity index (χ0) is 10.2. The lowest BCUT2D eigenvalue weighted by Crippen LogP contribution is -2.18. The molecule has 0 atom stereocenters. The fourth-order valence-electron chi connectivity index (χ4n) is 1.38. The van der Waals surface area contributed by atoms with Gasteiger partial charge in [0.2, 0.25) is 0 Å². The number of aromatic nitrogens is 1. The second-order valence-electron chi connectivity index (χ2n) is 2.94. The molecule has 74 valence electrons. The summed E-state index contributed by atoms with van der Waals surface area (Å²) in [7, 11) is -3.73. The maximum Gasteiger partial charge on any atom is 0.255 e. The van der Waals surface area contributed by atoms with E-state index in [4.69, 9.17) is 5.14 Å². The van der Waals surface area contributed by atoms with Gasteiger partial charge in [-0.15, -0.1) is 0 Å². The summed E-state index contributed by atoms with van der Waals surface area (Å²) in [5, 5.41) is 7.92. The molecule has 6 heteroatoms. The van der Waals surface area contributed by atoms with Gasteiger partial charge in [-0.05, 0) is 18.7 Å². The van der Waals surface area contributed by atoms with Crippen LogP contribution in [0.1, 0.15) is 5.56 Å². The minimum absolute atomic E-state index is 0.0492. The molecule has 0 unspecified atom stereocenters. The summed E-state index contributed by atoms with van der Waals surface area (Å²) in [4.78, 5) is 3.78. The average Bonchev–Trinajstić information content (AvgIpc) is 2.15. The van der Waals surface area contributed by atoms with Crippen molar-refractivity contribution in [3.8, 4) is 0 Å². The summed E-state index contributed by atoms with van der Waals surface area (Å²) < 4.78 is 22.3. The minimum atomic E-state index is -3.73. The molecule has 5 nitrogen and oxygen atoms in total. The molecule has 0 radical (unpaired) electrons. The summed E-state index contributed by atoms with van der Waals surface area (Å²) >= 11 is 0. The highest BCUT2D eigenvalue weighted by molar-refractivity contribution is 7.89. The van der Waals surface area contributed by atoms with Crippen LogP contribution >= 0.6 is 0 Å². The van der Waals surface area contributed by atoms with Crippen molar-refractivity contribution in [2.24, 2.45) is 5.14 Å². The number of fused-ring (bicyclic) bond motifs is 1. The van der Waals surface area contributed by atoms with Crippen molar-refractivity contribution in [1.82, 2.24) is 4.98 Å². The zero-order valence-electron chi connectivity index (χ0n) is 7.27. The Balaban J connectivity index is 2.65. The van der Waals surface area contributed by atoms with Gasteiger partial charge in [0.05, 0.1) is 0 Å². The highest BCUT2D eigenvalue weighted by atomic mass is 32.2. The van der Waals surface area contributed by atoms with Crippen molar-refractivity contribution in [1.29, 1.82) is 0 Å². The molecule has 3 N–H and O–H groups in total. The number of primary sulfonamides is 1. The molecule has 0 bridgehead atoms. The molecule has 1 aromatic rings. The van der Waals surface area contributed by atoms with E-state index in [9.17, 15) is 8.42 Å². The number of rotatable bonds is 1. The molecule has 2 heterocycles. The Bertz CT molecular complexity index is 493. The number of hydrogen-bond donors (Lipinski definition) is 2. The van der Waals surface area contributed by atoms with Crippen LogP contribution in [0.25, 0.3) is 0 Å². The molecule has 1 aliphatic rings. The Kier molecular flexibility index (Phi) is 2.01. The van der Waals surface area contributed by atoms with E-state index in [-0.39, 0.29) is 5.03 Å². The normalized spacial score (nSPS) is 14.6. The van der Waals surface area contributed by atoms with Crippen LogP contribution in [0.3, 0.4) is 0 Å². The first-order chi connectivity index (χ1) is 6.59. The van der Waals surface area contributed by atoms with E-state index >= 15 is 0 Å². The Hall–Kier alpha value is -1.40. The molecule has 0 fully saturated rings. The van der Waals surface area contributed by atoms with E-state index in [1.165, 1.54) is 6.20 Å². The van der Waals surface area contributed by atoms with Gasteiger partial charge in [-0.1, -0.05) is 6.08 Å². The van der Waals surface area contributed by atoms with Crippen molar-refractivity contribution in [2.45, 2.75) is 11.4 Å². The quantitative estimate of drug-likeness (QED) is 0.695. The van der Waals surface area contributed by atoms with Gasteiger partial charge >= 0.3 is 0 Å². The monoisotopic (exact) mass is 211 g/mol. The predicted octanol–water partition coefficient (Wildman–Crippen LogP) is 0.211. The topological polar surface area (TPSA) is 85.1 Å². The number of hydrogen-bond acceptors (Lipinski definition) is 4. The Labute approximate surface area is 81.7 Å². The molecule has 0 aromatic carbocycles. The highest BCUT2D eigenvalue weighted by Crippen LogP contribution is 2.24. The van der Waals surface area contributed by atoms with E-state index in [0.717, 1.165) is 5.69 Å². The molecular formula is C8H9N3O2S. The van der Waals surface area contributed by atoms with Crippen LogP contribution in [-0.2, 0) is 16.4 Å². The predicted molar refractivity (Wildman–Crippen MR) is 52.1 cm³/mol. The fraction of sp³-hybridized carbons (Fsp3) is 0.125. The third-order valence-electron chi connectivity index (χ3n) is 1.96. The molecule has 0 saturated carbocycles. The molecule has 1 aromatic heterocycles. The van der Waals surface area contributed by atoms with Crippen molar-refractivity contribution in [3.63, 3.8) is 0 Å². The summed E-state index contributed by atoms with van der Waals surface area (Å²) in [6.45, 7) is 0. The fourth-order valence-corrected chi connectivity index (χ4v) is 2.12. The Morgan fingerprint density at radius 2 is 2.29 bits per heavy atom. The van der Waals surface area contributed by atoms with Crippen molar-refractivity contribution in [2.75, 3.05) is 5.32 Å². The zero-order valence-corrected chi connectivity index (χ0v) is 8.08. The average molecular weight is 211 g/mol. The lowest BCUT2D eigenvalue weighted by atomic mass is 10.1. The number of anilines is 1. The molecule has 2 rings (SSSR count). The third kappa shape index (κ3) is 1.49. The third-order valence-corrected chi connectivity index (χ3v) is 2.86. The van der Waals surface area contributed by atoms with Gasteiger partial charge in [-0.2, -0.15) is 0 Å². The number of allylic oxidation sites excluding steroid dienone is 1. The van der Waals surface area contributed by atoms with E-state index in [1.54, 1.807) is 12.3 Å². The second kappa shape index (κ2) is 3.07. The van der Waals surface area contributed by atoms with Gasteiger partial charge in [-0.25, -0.2) is 18.5 Å². The van der Waals surface area contributed by atoms with Crippen LogP contribution in [0.2, 0.25) is 0 Å². The highest BCUT2D eigenvalue weighted by Gasteiger charge is 2.18. The van der Waals surface area contributed by atoms with Gasteiger partial charge in [0, 0.05) is 17.4 Å². The van der Waals surface area contributed by atoms with Gasteiger partial charge < -0.3 is 5.32 Å². The lowest BCUT2D eigenvalue weighted by Gasteiger charge is -2.14. The molecular weight excluding hydrogens is 202 g/mol. The van der Waals surface area contributed by atoms with E-state index in [0.29, 0.717) is 12.0 Å². The van der Waals surface area contributed by atoms with Crippen molar-refractivity contribution >= 4 is 15.7 Å². The van der Waals surface area contributed by atoms with Crippen LogP contribution < -0.4 is 10.5 Å². The Morgan fingerprint density at radius 1 is 1.50 bits per heavy atom. The number of pyridine rings is 1. The second-order valence-corrected chi connectivity index (χ2v) is 4.41. The van der Waals surface area contributed by atoms with E-state index in [1.807, 2.05) is 6.08 Å². The molecule has 14 heavy (non-hydrogen) atoms. The van der Waals surface area contributed by atoms with Crippen molar-refractivity contribution in [3.05, 3.63) is 30.1 Å². The first-order valence-corrected chi connectivity index (χ1v) is 5.56. The summed E-state index contributed by atoms with van der Waals surface area (Å²) in [6, 6.07) is 1.72. The molecule has 1 aliphatic heterocycles. The number of sulfonamides is 1. The van der Waals surface area contributed by atoms with E-state index in [2.05, 4.69) is 10.3 Å². The summed E-state index contributed by atoms with van der Waals surface area (Å²) in [6.07, 6.45) is 5.53. The standard InChI is InChI=1S/C8H9N3O2S/c9-14(12,13)8-6-2-1-4-10-7(6)3-5-11-8/h1,3-5,10H,2H2,(H2,9,12,13). The largest absolute Gasteiger partial charge is 0.362 e. The van der Waals surface area contributed by atoms with Crippen LogP contribution in [0.15, 0.2) is 29.6 Å². The van der Waals surface area contributed by atoms with Gasteiger partial charge in [0.25, 0.3) is 10.0 Å². The SMILES string of the molecule is NS(=O)(=O)c1nccc2c1CC=CN2. The maximum absolute atomic E-state index is 11.2. The maximum atomic E-state index is 11.2. The first-order valence-electron chi connectivity index (χ1n) is 4.01. The van der Waals surface area contributed by atoms with Crippen LogP contribution in [0.5, 0.6) is 0 Å². The number of nitrogens with zero attached hydrogens (tertiary/aromatic N) is 1.